The SMILES string of the molecule is CCCCCCCCC(CCC)(CCCCC1CO1)C(C)(OC)OC. The van der Waals surface area contributed by atoms with Crippen LogP contribution in [-0.4, -0.2) is 32.7 Å². The Morgan fingerprint density at radius 2 is 1.36 bits per heavy atom. The molecule has 0 amide bonds. The molecule has 1 saturated heterocycles. The van der Waals surface area contributed by atoms with Crippen molar-refractivity contribution in [1.29, 1.82) is 0 Å². The molecule has 1 aliphatic rings. The van der Waals surface area contributed by atoms with Gasteiger partial charge in [0.05, 0.1) is 12.7 Å². The van der Waals surface area contributed by atoms with Crippen LogP contribution in [-0.2, 0) is 14.2 Å². The summed E-state index contributed by atoms with van der Waals surface area (Å²) in [6.07, 6.45) is 17.1. The molecular weight excluding hydrogens is 312 g/mol. The Morgan fingerprint density at radius 3 is 1.88 bits per heavy atom. The third kappa shape index (κ3) is 7.56. The van der Waals surface area contributed by atoms with E-state index in [2.05, 4.69) is 20.8 Å². The zero-order chi connectivity index (χ0) is 18.6. The molecule has 2 unspecified atom stereocenters. The topological polar surface area (TPSA) is 31.0 Å². The van der Waals surface area contributed by atoms with Gasteiger partial charge in [-0.3, -0.25) is 0 Å². The molecule has 0 saturated carbocycles. The first-order valence-corrected chi connectivity index (χ1v) is 10.8. The van der Waals surface area contributed by atoms with Gasteiger partial charge >= 0.3 is 0 Å². The number of ether oxygens (including phenoxy) is 3. The second kappa shape index (κ2) is 12.3. The fourth-order valence-electron chi connectivity index (χ4n) is 4.36. The Balaban J connectivity index is 2.62. The molecule has 0 aromatic carbocycles. The van der Waals surface area contributed by atoms with Gasteiger partial charge in [-0.25, -0.2) is 0 Å². The summed E-state index contributed by atoms with van der Waals surface area (Å²) in [6, 6.07) is 0. The van der Waals surface area contributed by atoms with E-state index in [0.29, 0.717) is 6.10 Å². The van der Waals surface area contributed by atoms with Gasteiger partial charge in [-0.05, 0) is 32.6 Å². The van der Waals surface area contributed by atoms with Gasteiger partial charge in [-0.2, -0.15) is 0 Å². The fraction of sp³-hybridized carbons (Fsp3) is 1.00. The Bertz CT molecular complexity index is 323. The van der Waals surface area contributed by atoms with Crippen LogP contribution in [0.2, 0.25) is 0 Å². The predicted molar refractivity (Wildman–Crippen MR) is 106 cm³/mol. The largest absolute Gasteiger partial charge is 0.373 e. The summed E-state index contributed by atoms with van der Waals surface area (Å²) in [4.78, 5) is 0. The van der Waals surface area contributed by atoms with Crippen molar-refractivity contribution in [2.75, 3.05) is 20.8 Å². The standard InChI is InChI=1S/C22H44O3/c1-6-8-9-10-11-13-17-22(16-7-2,21(3,23-4)24-5)18-14-12-15-20-19-25-20/h20H,6-19H2,1-5H3. The zero-order valence-electron chi connectivity index (χ0n) is 17.7. The highest BCUT2D eigenvalue weighted by molar-refractivity contribution is 4.91. The molecule has 3 nitrogen and oxygen atoms in total. The molecule has 1 heterocycles. The first-order valence-electron chi connectivity index (χ1n) is 10.8. The number of hydrogen-bond donors (Lipinski definition) is 0. The van der Waals surface area contributed by atoms with Crippen LogP contribution >= 0.6 is 0 Å². The van der Waals surface area contributed by atoms with Gasteiger partial charge in [0.15, 0.2) is 5.79 Å². The van der Waals surface area contributed by atoms with Crippen LogP contribution in [0.4, 0.5) is 0 Å². The van der Waals surface area contributed by atoms with Crippen LogP contribution in [0.1, 0.15) is 104 Å². The number of epoxide rings is 1. The van der Waals surface area contributed by atoms with E-state index in [9.17, 15) is 0 Å². The molecule has 0 aromatic rings. The highest BCUT2D eigenvalue weighted by Crippen LogP contribution is 2.48. The van der Waals surface area contributed by atoms with Gasteiger partial charge in [0.1, 0.15) is 0 Å². The molecule has 25 heavy (non-hydrogen) atoms. The second-order valence-electron chi connectivity index (χ2n) is 8.10. The summed E-state index contributed by atoms with van der Waals surface area (Å²) in [5.41, 5.74) is 0.125. The average molecular weight is 357 g/mol. The van der Waals surface area contributed by atoms with Crippen molar-refractivity contribution >= 4 is 0 Å². The van der Waals surface area contributed by atoms with E-state index in [1.54, 1.807) is 0 Å². The van der Waals surface area contributed by atoms with Crippen LogP contribution in [0, 0.1) is 5.41 Å². The number of methoxy groups -OCH3 is 2. The van der Waals surface area contributed by atoms with Gasteiger partial charge in [-0.1, -0.05) is 71.6 Å². The normalized spacial score (nSPS) is 19.8. The molecule has 150 valence electrons. The molecule has 2 atom stereocenters. The smallest absolute Gasteiger partial charge is 0.170 e. The number of hydrogen-bond acceptors (Lipinski definition) is 3. The van der Waals surface area contributed by atoms with Gasteiger partial charge in [0.2, 0.25) is 0 Å². The van der Waals surface area contributed by atoms with Gasteiger partial charge in [0.25, 0.3) is 0 Å². The highest BCUT2D eigenvalue weighted by Gasteiger charge is 2.47. The van der Waals surface area contributed by atoms with E-state index in [4.69, 9.17) is 14.2 Å². The lowest BCUT2D eigenvalue weighted by Crippen LogP contribution is -2.49. The first kappa shape index (κ1) is 22.9. The Hall–Kier alpha value is -0.120. The molecule has 0 aliphatic carbocycles. The third-order valence-corrected chi connectivity index (χ3v) is 6.31. The van der Waals surface area contributed by atoms with E-state index >= 15 is 0 Å². The monoisotopic (exact) mass is 356 g/mol. The Kier molecular flexibility index (Phi) is 11.3. The molecule has 0 bridgehead atoms. The maximum absolute atomic E-state index is 5.94. The van der Waals surface area contributed by atoms with E-state index in [1.165, 1.54) is 83.5 Å². The minimum absolute atomic E-state index is 0.125. The van der Waals surface area contributed by atoms with Crippen molar-refractivity contribution in [3.8, 4) is 0 Å². The summed E-state index contributed by atoms with van der Waals surface area (Å²) < 4.78 is 17.2. The summed E-state index contributed by atoms with van der Waals surface area (Å²) in [5, 5.41) is 0. The van der Waals surface area contributed by atoms with Crippen LogP contribution in [0.3, 0.4) is 0 Å². The first-order chi connectivity index (χ1) is 12.1. The fourth-order valence-corrected chi connectivity index (χ4v) is 4.36. The molecule has 0 aromatic heterocycles. The molecular formula is C22H44O3. The van der Waals surface area contributed by atoms with Crippen LogP contribution in [0.5, 0.6) is 0 Å². The highest BCUT2D eigenvalue weighted by atomic mass is 16.7. The van der Waals surface area contributed by atoms with Gasteiger partial charge < -0.3 is 14.2 Å². The lowest BCUT2D eigenvalue weighted by molar-refractivity contribution is -0.272. The van der Waals surface area contributed by atoms with Gasteiger partial charge in [-0.15, -0.1) is 0 Å². The molecule has 1 rings (SSSR count). The molecule has 1 aliphatic heterocycles. The van der Waals surface area contributed by atoms with Crippen molar-refractivity contribution in [2.24, 2.45) is 5.41 Å². The van der Waals surface area contributed by atoms with E-state index < -0.39 is 5.79 Å². The van der Waals surface area contributed by atoms with E-state index in [0.717, 1.165) is 6.61 Å². The number of unbranched alkanes of at least 4 members (excludes halogenated alkanes) is 6. The maximum Gasteiger partial charge on any atom is 0.170 e. The number of rotatable bonds is 17. The van der Waals surface area contributed by atoms with Crippen molar-refractivity contribution < 1.29 is 14.2 Å². The molecule has 1 fully saturated rings. The molecule has 0 N–H and O–H groups in total. The maximum atomic E-state index is 5.94. The van der Waals surface area contributed by atoms with Crippen LogP contribution < -0.4 is 0 Å². The van der Waals surface area contributed by atoms with Gasteiger partial charge in [0, 0.05) is 19.6 Å². The van der Waals surface area contributed by atoms with Crippen molar-refractivity contribution in [1.82, 2.24) is 0 Å². The van der Waals surface area contributed by atoms with Crippen molar-refractivity contribution in [3.63, 3.8) is 0 Å². The summed E-state index contributed by atoms with van der Waals surface area (Å²) in [6.45, 7) is 7.71. The summed E-state index contributed by atoms with van der Waals surface area (Å²) in [7, 11) is 3.63. The molecule has 0 spiro atoms. The average Bonchev–Trinajstić information content (AvgIpc) is 3.45. The lowest BCUT2D eigenvalue weighted by atomic mass is 9.68. The summed E-state index contributed by atoms with van der Waals surface area (Å²) in [5.74, 6) is -0.484. The van der Waals surface area contributed by atoms with Crippen molar-refractivity contribution in [3.05, 3.63) is 0 Å². The second-order valence-corrected chi connectivity index (χ2v) is 8.10. The summed E-state index contributed by atoms with van der Waals surface area (Å²) >= 11 is 0. The molecule has 3 heteroatoms. The van der Waals surface area contributed by atoms with E-state index in [1.807, 2.05) is 14.2 Å². The Morgan fingerprint density at radius 1 is 0.800 bits per heavy atom. The molecule has 0 radical (unpaired) electrons. The third-order valence-electron chi connectivity index (χ3n) is 6.31. The minimum atomic E-state index is -0.484. The predicted octanol–water partition coefficient (Wildman–Crippen LogP) is 6.49. The minimum Gasteiger partial charge on any atom is -0.373 e. The Labute approximate surface area is 157 Å². The quantitative estimate of drug-likeness (QED) is 0.169. The van der Waals surface area contributed by atoms with Crippen molar-refractivity contribution in [2.45, 2.75) is 116 Å². The zero-order valence-corrected chi connectivity index (χ0v) is 17.7. The lowest BCUT2D eigenvalue weighted by Gasteiger charge is -2.47. The van der Waals surface area contributed by atoms with Crippen LogP contribution in [0.15, 0.2) is 0 Å². The van der Waals surface area contributed by atoms with Crippen LogP contribution in [0.25, 0.3) is 0 Å². The van der Waals surface area contributed by atoms with E-state index in [-0.39, 0.29) is 5.41 Å².